The Labute approximate surface area is 212 Å². The first-order chi connectivity index (χ1) is 16.3. The van der Waals surface area contributed by atoms with Crippen molar-refractivity contribution in [3.63, 3.8) is 0 Å². The molecule has 0 spiro atoms. The molecule has 6 heteroatoms. The second-order valence-electron chi connectivity index (χ2n) is 13.0. The van der Waals surface area contributed by atoms with E-state index < -0.39 is 19.1 Å². The van der Waals surface area contributed by atoms with Gasteiger partial charge in [-0.1, -0.05) is 88.5 Å². The van der Waals surface area contributed by atoms with E-state index in [0.29, 0.717) is 35.2 Å². The van der Waals surface area contributed by atoms with E-state index in [1.165, 1.54) is 0 Å². The van der Waals surface area contributed by atoms with E-state index in [0.717, 1.165) is 12.0 Å². The molecule has 35 heavy (non-hydrogen) atoms. The Kier molecular flexibility index (Phi) is 6.80. The highest BCUT2D eigenvalue weighted by atomic mass is 28.3. The van der Waals surface area contributed by atoms with Crippen molar-refractivity contribution in [3.8, 4) is 0 Å². The van der Waals surface area contributed by atoms with Crippen molar-refractivity contribution in [2.24, 2.45) is 11.3 Å². The van der Waals surface area contributed by atoms with Gasteiger partial charge in [0.15, 0.2) is 5.41 Å². The van der Waals surface area contributed by atoms with Gasteiger partial charge in [0.05, 0.1) is 20.7 Å². The molecule has 5 nitrogen and oxygen atoms in total. The molecule has 0 N–H and O–H groups in total. The Morgan fingerprint density at radius 3 is 2.14 bits per heavy atom. The fourth-order valence-corrected chi connectivity index (χ4v) is 16.6. The molecule has 1 aliphatic carbocycles. The number of fused-ring (bicyclic) bond motifs is 3. The van der Waals surface area contributed by atoms with E-state index >= 15 is 0 Å². The van der Waals surface area contributed by atoms with Crippen molar-refractivity contribution in [1.29, 1.82) is 0 Å². The molecule has 0 bridgehead atoms. The van der Waals surface area contributed by atoms with Crippen LogP contribution in [0.1, 0.15) is 86.8 Å². The summed E-state index contributed by atoms with van der Waals surface area (Å²) in [5.74, 6) is -0.576. The van der Waals surface area contributed by atoms with Gasteiger partial charge in [-0.25, -0.2) is 0 Å². The number of esters is 1. The minimum absolute atomic E-state index is 0.0743. The van der Waals surface area contributed by atoms with Gasteiger partial charge in [-0.3, -0.25) is 9.59 Å². The van der Waals surface area contributed by atoms with Gasteiger partial charge >= 0.3 is 5.97 Å². The molecule has 2 aliphatic heterocycles. The van der Waals surface area contributed by atoms with Crippen molar-refractivity contribution in [2.45, 2.75) is 115 Å². The highest BCUT2D eigenvalue weighted by molar-refractivity contribution is 6.84. The third kappa shape index (κ3) is 3.90. The van der Waals surface area contributed by atoms with Gasteiger partial charge in [0.1, 0.15) is 11.8 Å². The number of hydrogen-bond donors (Lipinski definition) is 0. The molecule has 0 aromatic heterocycles. The number of amides is 1. The molecule has 3 fully saturated rings. The van der Waals surface area contributed by atoms with E-state index in [4.69, 9.17) is 9.47 Å². The summed E-state index contributed by atoms with van der Waals surface area (Å²) in [5, 5.41) is 0. The molecule has 1 saturated carbocycles. The molecular formula is C29H45NO4Si. The lowest BCUT2D eigenvalue weighted by Crippen LogP contribution is -2.50. The minimum atomic E-state index is -1.90. The van der Waals surface area contributed by atoms with Crippen LogP contribution in [0.25, 0.3) is 0 Å². The van der Waals surface area contributed by atoms with Crippen LogP contribution in [-0.2, 0) is 19.1 Å². The van der Waals surface area contributed by atoms with Gasteiger partial charge in [-0.05, 0) is 44.7 Å². The monoisotopic (exact) mass is 499 g/mol. The summed E-state index contributed by atoms with van der Waals surface area (Å²) in [6, 6.07) is 9.93. The predicted molar refractivity (Wildman–Crippen MR) is 142 cm³/mol. The zero-order valence-electron chi connectivity index (χ0n) is 23.1. The highest BCUT2D eigenvalue weighted by Crippen LogP contribution is 2.66. The lowest BCUT2D eigenvalue weighted by molar-refractivity contribution is -0.173. The SMILES string of the molecule is CC(C)[Si](C(C)C)(C(C)C)[C@H]1C[C@@H]2[C@H]3OC[C@H](c4ccccc4)N3C(=O)[C@]2(C(=O)OC(C)(C)C)C1. The van der Waals surface area contributed by atoms with Crippen LogP contribution in [-0.4, -0.2) is 43.3 Å². The van der Waals surface area contributed by atoms with Gasteiger partial charge in [0.25, 0.3) is 0 Å². The van der Waals surface area contributed by atoms with E-state index in [-0.39, 0.29) is 30.1 Å². The zero-order valence-corrected chi connectivity index (χ0v) is 24.1. The fraction of sp³-hybridized carbons (Fsp3) is 0.724. The van der Waals surface area contributed by atoms with E-state index in [9.17, 15) is 9.59 Å². The average molecular weight is 500 g/mol. The summed E-state index contributed by atoms with van der Waals surface area (Å²) < 4.78 is 12.4. The first kappa shape index (κ1) is 26.4. The summed E-state index contributed by atoms with van der Waals surface area (Å²) in [5.41, 5.74) is 1.34. The number of nitrogens with zero attached hydrogens (tertiary/aromatic N) is 1. The van der Waals surface area contributed by atoms with Crippen LogP contribution in [0.2, 0.25) is 22.2 Å². The largest absolute Gasteiger partial charge is 0.459 e. The third-order valence-electron chi connectivity index (χ3n) is 9.39. The second-order valence-corrected chi connectivity index (χ2v) is 19.3. The lowest BCUT2D eigenvalue weighted by Gasteiger charge is -2.48. The van der Waals surface area contributed by atoms with Crippen LogP contribution in [0.4, 0.5) is 0 Å². The van der Waals surface area contributed by atoms with Gasteiger partial charge in [0.2, 0.25) is 5.91 Å². The number of carbonyl (C=O) groups excluding carboxylic acids is 2. The summed E-state index contributed by atoms with van der Waals surface area (Å²) in [7, 11) is -1.90. The van der Waals surface area contributed by atoms with Crippen LogP contribution >= 0.6 is 0 Å². The maximum absolute atomic E-state index is 14.4. The van der Waals surface area contributed by atoms with Crippen molar-refractivity contribution >= 4 is 20.0 Å². The fourth-order valence-electron chi connectivity index (χ4n) is 8.48. The molecule has 0 unspecified atom stereocenters. The van der Waals surface area contributed by atoms with Crippen molar-refractivity contribution in [1.82, 2.24) is 4.90 Å². The molecule has 2 saturated heterocycles. The van der Waals surface area contributed by atoms with Gasteiger partial charge in [-0.15, -0.1) is 0 Å². The average Bonchev–Trinajstić information content (AvgIpc) is 3.39. The highest BCUT2D eigenvalue weighted by Gasteiger charge is 2.73. The molecule has 194 valence electrons. The third-order valence-corrected chi connectivity index (χ3v) is 17.2. The standard InChI is InChI=1S/C29H45NO4Si/c1-18(2)35(19(3)4,20(5)6)22-15-23-25-30(24(17-33-25)21-13-11-10-12-14-21)26(31)29(23,16-22)27(32)34-28(7,8)9/h10-14,18-20,22-25H,15-17H2,1-9H3/t22-,23+,24+,25+,29-/m0/s1. The van der Waals surface area contributed by atoms with Crippen LogP contribution < -0.4 is 0 Å². The normalized spacial score (nSPS) is 31.0. The van der Waals surface area contributed by atoms with Gasteiger partial charge in [-0.2, -0.15) is 0 Å². The first-order valence-electron chi connectivity index (χ1n) is 13.5. The van der Waals surface area contributed by atoms with Crippen LogP contribution in [0.15, 0.2) is 30.3 Å². The molecule has 0 radical (unpaired) electrons. The topological polar surface area (TPSA) is 55.8 Å². The first-order valence-corrected chi connectivity index (χ1v) is 15.8. The predicted octanol–water partition coefficient (Wildman–Crippen LogP) is 6.71. The minimum Gasteiger partial charge on any atom is -0.459 e. The van der Waals surface area contributed by atoms with Crippen LogP contribution in [0, 0.1) is 11.3 Å². The van der Waals surface area contributed by atoms with Gasteiger partial charge in [0, 0.05) is 5.92 Å². The quantitative estimate of drug-likeness (QED) is 0.248. The van der Waals surface area contributed by atoms with Gasteiger partial charge < -0.3 is 14.4 Å². The maximum atomic E-state index is 14.4. The van der Waals surface area contributed by atoms with Crippen LogP contribution in [0.5, 0.6) is 0 Å². The van der Waals surface area contributed by atoms with E-state index in [1.807, 2.05) is 43.9 Å². The number of carbonyl (C=O) groups is 2. The summed E-state index contributed by atoms with van der Waals surface area (Å²) in [6.45, 7) is 20.4. The lowest BCUT2D eigenvalue weighted by atomic mass is 9.79. The number of benzene rings is 1. The Morgan fingerprint density at radius 2 is 1.63 bits per heavy atom. The Balaban J connectivity index is 1.80. The maximum Gasteiger partial charge on any atom is 0.322 e. The number of ether oxygens (including phenoxy) is 2. The molecule has 1 aromatic rings. The summed E-state index contributed by atoms with van der Waals surface area (Å²) in [6.07, 6.45) is 1.11. The Bertz CT molecular complexity index is 931. The summed E-state index contributed by atoms with van der Waals surface area (Å²) >= 11 is 0. The zero-order chi connectivity index (χ0) is 25.9. The van der Waals surface area contributed by atoms with E-state index in [1.54, 1.807) is 0 Å². The summed E-state index contributed by atoms with van der Waals surface area (Å²) in [4.78, 5) is 30.4. The Morgan fingerprint density at radius 1 is 1.06 bits per heavy atom. The molecule has 2 heterocycles. The second kappa shape index (κ2) is 9.02. The van der Waals surface area contributed by atoms with Crippen molar-refractivity contribution in [2.75, 3.05) is 6.61 Å². The Hall–Kier alpha value is -1.66. The molecule has 4 rings (SSSR count). The molecule has 1 amide bonds. The van der Waals surface area contributed by atoms with Crippen molar-refractivity contribution in [3.05, 3.63) is 35.9 Å². The smallest absolute Gasteiger partial charge is 0.322 e. The molecule has 1 aromatic carbocycles. The molecule has 5 atom stereocenters. The molecule has 3 aliphatic rings. The molecular weight excluding hydrogens is 454 g/mol. The number of hydrogen-bond acceptors (Lipinski definition) is 4. The van der Waals surface area contributed by atoms with E-state index in [2.05, 4.69) is 53.7 Å². The number of rotatable bonds is 6. The van der Waals surface area contributed by atoms with Crippen LogP contribution in [0.3, 0.4) is 0 Å². The van der Waals surface area contributed by atoms with Crippen molar-refractivity contribution < 1.29 is 19.1 Å².